The normalized spacial score (nSPS) is 11.9. The number of ether oxygens (including phenoxy) is 1. The van der Waals surface area contributed by atoms with Crippen LogP contribution in [-0.2, 0) is 10.1 Å². The van der Waals surface area contributed by atoms with Gasteiger partial charge in [0.15, 0.2) is 0 Å². The van der Waals surface area contributed by atoms with Crippen molar-refractivity contribution in [2.45, 2.75) is 0 Å². The Balaban J connectivity index is 2.70. The minimum Gasteiger partial charge on any atom is -0.748 e. The molecule has 0 fully saturated rings. The molecular weight excluding hydrogens is 246 g/mol. The maximum Gasteiger partial charge on any atom is 0.124 e. The van der Waals surface area contributed by atoms with E-state index in [-0.39, 0.29) is 12.3 Å². The molecule has 94 valence electrons. The molecule has 0 heterocycles. The van der Waals surface area contributed by atoms with Gasteiger partial charge in [-0.1, -0.05) is 0 Å². The molecular formula is C10H12NO5S-. The Morgan fingerprint density at radius 3 is 2.82 bits per heavy atom. The maximum absolute atomic E-state index is 10.3. The van der Waals surface area contributed by atoms with Crippen molar-refractivity contribution in [2.75, 3.05) is 19.4 Å². The fraction of sp³-hybridized carbons (Fsp3) is 0.300. The molecule has 0 amide bonds. The first-order valence-corrected chi connectivity index (χ1v) is 6.30. The number of hydrogen-bond acceptors (Lipinski definition) is 6. The van der Waals surface area contributed by atoms with Crippen molar-refractivity contribution in [2.24, 2.45) is 4.99 Å². The highest BCUT2D eigenvalue weighted by molar-refractivity contribution is 7.85. The van der Waals surface area contributed by atoms with Crippen LogP contribution in [0.3, 0.4) is 0 Å². The van der Waals surface area contributed by atoms with Crippen LogP contribution in [0.5, 0.6) is 11.5 Å². The Morgan fingerprint density at radius 2 is 2.24 bits per heavy atom. The number of rotatable bonds is 5. The van der Waals surface area contributed by atoms with Gasteiger partial charge in [-0.3, -0.25) is 4.99 Å². The van der Waals surface area contributed by atoms with Crippen LogP contribution in [0.1, 0.15) is 5.56 Å². The third-order valence-electron chi connectivity index (χ3n) is 1.94. The summed E-state index contributed by atoms with van der Waals surface area (Å²) in [7, 11) is -2.77. The summed E-state index contributed by atoms with van der Waals surface area (Å²) >= 11 is 0. The lowest BCUT2D eigenvalue weighted by Gasteiger charge is -2.04. The van der Waals surface area contributed by atoms with Crippen molar-refractivity contribution in [3.63, 3.8) is 0 Å². The Morgan fingerprint density at radius 1 is 1.53 bits per heavy atom. The van der Waals surface area contributed by atoms with Crippen LogP contribution in [-0.4, -0.2) is 43.7 Å². The van der Waals surface area contributed by atoms with E-state index in [0.717, 1.165) is 0 Å². The van der Waals surface area contributed by atoms with Crippen molar-refractivity contribution in [1.29, 1.82) is 0 Å². The Bertz CT molecular complexity index is 509. The minimum absolute atomic E-state index is 0.000435. The summed E-state index contributed by atoms with van der Waals surface area (Å²) < 4.78 is 35.9. The average molecular weight is 258 g/mol. The van der Waals surface area contributed by atoms with E-state index < -0.39 is 15.9 Å². The second-order valence-electron chi connectivity index (χ2n) is 3.22. The van der Waals surface area contributed by atoms with Crippen molar-refractivity contribution < 1.29 is 22.8 Å². The number of phenols is 1. The van der Waals surface area contributed by atoms with E-state index in [1.54, 1.807) is 12.1 Å². The van der Waals surface area contributed by atoms with Gasteiger partial charge in [-0.05, 0) is 18.2 Å². The number of aromatic hydroxyl groups is 1. The summed E-state index contributed by atoms with van der Waals surface area (Å²) in [6, 6.07) is 4.56. The quantitative estimate of drug-likeness (QED) is 0.607. The van der Waals surface area contributed by atoms with E-state index in [1.165, 1.54) is 19.4 Å². The van der Waals surface area contributed by atoms with Crippen LogP contribution in [0.2, 0.25) is 0 Å². The Kier molecular flexibility index (Phi) is 4.47. The molecule has 0 aromatic heterocycles. The summed E-state index contributed by atoms with van der Waals surface area (Å²) in [6.45, 7) is -0.136. The van der Waals surface area contributed by atoms with E-state index in [0.29, 0.717) is 11.3 Å². The average Bonchev–Trinajstić information content (AvgIpc) is 2.25. The van der Waals surface area contributed by atoms with Gasteiger partial charge in [0.2, 0.25) is 0 Å². The summed E-state index contributed by atoms with van der Waals surface area (Å²) in [5.41, 5.74) is 0.396. The topological polar surface area (TPSA) is 99.0 Å². The molecule has 0 bridgehead atoms. The summed E-state index contributed by atoms with van der Waals surface area (Å²) in [5, 5.41) is 9.46. The molecule has 0 aliphatic heterocycles. The molecule has 1 aromatic carbocycles. The van der Waals surface area contributed by atoms with Crippen molar-refractivity contribution in [3.05, 3.63) is 23.8 Å². The zero-order valence-electron chi connectivity index (χ0n) is 9.16. The molecule has 1 aromatic rings. The molecule has 1 N–H and O–H groups in total. The molecule has 0 radical (unpaired) electrons. The summed E-state index contributed by atoms with van der Waals surface area (Å²) in [5.74, 6) is -0.0194. The zero-order valence-corrected chi connectivity index (χ0v) is 9.98. The Hall–Kier alpha value is -1.60. The van der Waals surface area contributed by atoms with Gasteiger partial charge in [0.1, 0.15) is 11.5 Å². The van der Waals surface area contributed by atoms with Gasteiger partial charge in [0, 0.05) is 11.8 Å². The maximum atomic E-state index is 10.3. The molecule has 0 aliphatic rings. The van der Waals surface area contributed by atoms with Gasteiger partial charge >= 0.3 is 0 Å². The van der Waals surface area contributed by atoms with Crippen LogP contribution in [0.25, 0.3) is 0 Å². The lowest BCUT2D eigenvalue weighted by molar-refractivity contribution is 0.412. The number of hydrogen-bond donors (Lipinski definition) is 1. The first kappa shape index (κ1) is 13.5. The molecule has 0 unspecified atom stereocenters. The predicted molar refractivity (Wildman–Crippen MR) is 61.7 cm³/mol. The van der Waals surface area contributed by atoms with Crippen molar-refractivity contribution in [3.8, 4) is 11.5 Å². The third-order valence-corrected chi connectivity index (χ3v) is 2.62. The van der Waals surface area contributed by atoms with Crippen LogP contribution < -0.4 is 4.74 Å². The number of nitrogens with zero attached hydrogens (tertiary/aromatic N) is 1. The van der Waals surface area contributed by atoms with Gasteiger partial charge in [0.25, 0.3) is 0 Å². The molecule has 6 nitrogen and oxygen atoms in total. The van der Waals surface area contributed by atoms with Crippen LogP contribution >= 0.6 is 0 Å². The number of methoxy groups -OCH3 is 1. The van der Waals surface area contributed by atoms with Crippen LogP contribution in [0, 0.1) is 0 Å². The monoisotopic (exact) mass is 258 g/mol. The molecule has 0 spiro atoms. The van der Waals surface area contributed by atoms with E-state index >= 15 is 0 Å². The second-order valence-corrected chi connectivity index (χ2v) is 4.75. The SMILES string of the molecule is COc1ccc(O)c(C=NCCS(=O)(=O)[O-])c1. The molecule has 0 saturated carbocycles. The number of aliphatic imine (C=N–C) groups is 1. The standard InChI is InChI=1S/C10H13NO5S/c1-16-9-2-3-10(12)8(6-9)7-11-4-5-17(13,14)15/h2-3,6-7,12H,4-5H2,1H3,(H,13,14,15)/p-1. The highest BCUT2D eigenvalue weighted by atomic mass is 32.2. The van der Waals surface area contributed by atoms with E-state index in [4.69, 9.17) is 4.74 Å². The second kappa shape index (κ2) is 5.65. The highest BCUT2D eigenvalue weighted by Gasteiger charge is 2.00. The number of phenolic OH excluding ortho intramolecular Hbond substituents is 1. The number of benzene rings is 1. The van der Waals surface area contributed by atoms with Gasteiger partial charge < -0.3 is 14.4 Å². The molecule has 0 aliphatic carbocycles. The van der Waals surface area contributed by atoms with Gasteiger partial charge in [-0.15, -0.1) is 0 Å². The molecule has 7 heteroatoms. The third kappa shape index (κ3) is 4.83. The van der Waals surface area contributed by atoms with Crippen LogP contribution in [0.15, 0.2) is 23.2 Å². The molecule has 1 rings (SSSR count). The van der Waals surface area contributed by atoms with E-state index in [1.807, 2.05) is 0 Å². The smallest absolute Gasteiger partial charge is 0.124 e. The first-order valence-electron chi connectivity index (χ1n) is 4.73. The van der Waals surface area contributed by atoms with Crippen molar-refractivity contribution in [1.82, 2.24) is 0 Å². The largest absolute Gasteiger partial charge is 0.748 e. The minimum atomic E-state index is -4.25. The summed E-state index contributed by atoms with van der Waals surface area (Å²) in [6.07, 6.45) is 1.29. The van der Waals surface area contributed by atoms with Crippen molar-refractivity contribution >= 4 is 16.3 Å². The van der Waals surface area contributed by atoms with Crippen LogP contribution in [0.4, 0.5) is 0 Å². The lowest BCUT2D eigenvalue weighted by Crippen LogP contribution is -2.07. The lowest BCUT2D eigenvalue weighted by atomic mass is 10.2. The zero-order chi connectivity index (χ0) is 12.9. The van der Waals surface area contributed by atoms with Gasteiger partial charge in [0.05, 0.1) is 29.5 Å². The molecule has 17 heavy (non-hydrogen) atoms. The van der Waals surface area contributed by atoms with Gasteiger partial charge in [-0.2, -0.15) is 0 Å². The Labute approximate surface area is 99.3 Å². The first-order chi connectivity index (χ1) is 7.92. The fourth-order valence-electron chi connectivity index (χ4n) is 1.09. The predicted octanol–water partition coefficient (Wildman–Crippen LogP) is 0.365. The fourth-order valence-corrected chi connectivity index (χ4v) is 1.42. The molecule has 0 atom stereocenters. The molecule has 0 saturated heterocycles. The summed E-state index contributed by atoms with van der Waals surface area (Å²) in [4.78, 5) is 3.74. The van der Waals surface area contributed by atoms with E-state index in [9.17, 15) is 18.1 Å². The van der Waals surface area contributed by atoms with E-state index in [2.05, 4.69) is 4.99 Å². The van der Waals surface area contributed by atoms with Gasteiger partial charge in [-0.25, -0.2) is 8.42 Å². The highest BCUT2D eigenvalue weighted by Crippen LogP contribution is 2.20.